The third-order valence-electron chi connectivity index (χ3n) is 4.99. The molecule has 134 valence electrons. The monoisotopic (exact) mass is 369 g/mol. The number of nitrogens with one attached hydrogen (secondary N) is 1. The van der Waals surface area contributed by atoms with Crippen LogP contribution in [0.2, 0.25) is 5.02 Å². The number of halogens is 1. The molecule has 2 aliphatic rings. The van der Waals surface area contributed by atoms with Gasteiger partial charge in [-0.1, -0.05) is 29.8 Å². The van der Waals surface area contributed by atoms with Crippen molar-refractivity contribution in [3.63, 3.8) is 0 Å². The average Bonchev–Trinajstić information content (AvgIpc) is 2.67. The summed E-state index contributed by atoms with van der Waals surface area (Å²) in [6.07, 6.45) is 1.32. The van der Waals surface area contributed by atoms with Gasteiger partial charge < -0.3 is 15.1 Å². The first kappa shape index (κ1) is 16.9. The summed E-state index contributed by atoms with van der Waals surface area (Å²) >= 11 is 6.00. The van der Waals surface area contributed by atoms with Crippen LogP contribution in [0.15, 0.2) is 42.5 Å². The zero-order valence-electron chi connectivity index (χ0n) is 14.4. The second kappa shape index (κ2) is 7.00. The Morgan fingerprint density at radius 1 is 1.00 bits per heavy atom. The van der Waals surface area contributed by atoms with E-state index in [1.54, 1.807) is 24.3 Å². The molecule has 2 heterocycles. The topological polar surface area (TPSA) is 52.7 Å². The van der Waals surface area contributed by atoms with Crippen molar-refractivity contribution in [3.05, 3.63) is 58.6 Å². The fourth-order valence-corrected chi connectivity index (χ4v) is 3.80. The van der Waals surface area contributed by atoms with Gasteiger partial charge in [-0.2, -0.15) is 0 Å². The first-order valence-corrected chi connectivity index (χ1v) is 9.21. The SMILES string of the molecule is O=C1CCc2cccc(N3CCN(C(=O)c4cccc(Cl)c4)CC3)c2N1. The Morgan fingerprint density at radius 3 is 2.54 bits per heavy atom. The molecule has 2 aromatic carbocycles. The average molecular weight is 370 g/mol. The Kier molecular flexibility index (Phi) is 4.55. The number of fused-ring (bicyclic) bond motifs is 1. The molecule has 2 aliphatic heterocycles. The number of carbonyl (C=O) groups is 2. The van der Waals surface area contributed by atoms with Gasteiger partial charge >= 0.3 is 0 Å². The normalized spacial score (nSPS) is 16.9. The predicted octanol–water partition coefficient (Wildman–Crippen LogP) is 3.19. The van der Waals surface area contributed by atoms with E-state index in [0.29, 0.717) is 30.1 Å². The van der Waals surface area contributed by atoms with Crippen molar-refractivity contribution in [1.82, 2.24) is 4.90 Å². The van der Waals surface area contributed by atoms with Crippen LogP contribution < -0.4 is 10.2 Å². The fraction of sp³-hybridized carbons (Fsp3) is 0.300. The van der Waals surface area contributed by atoms with Crippen LogP contribution in [0.1, 0.15) is 22.3 Å². The van der Waals surface area contributed by atoms with Crippen LogP contribution in [-0.2, 0) is 11.2 Å². The van der Waals surface area contributed by atoms with Crippen LogP contribution in [-0.4, -0.2) is 42.9 Å². The van der Waals surface area contributed by atoms with E-state index in [1.165, 1.54) is 5.56 Å². The van der Waals surface area contributed by atoms with Gasteiger partial charge in [0, 0.05) is 43.2 Å². The molecular formula is C20H20ClN3O2. The summed E-state index contributed by atoms with van der Waals surface area (Å²) in [6.45, 7) is 2.75. The maximum absolute atomic E-state index is 12.7. The lowest BCUT2D eigenvalue weighted by Crippen LogP contribution is -2.49. The maximum Gasteiger partial charge on any atom is 0.254 e. The second-order valence-corrected chi connectivity index (χ2v) is 7.09. The first-order valence-electron chi connectivity index (χ1n) is 8.83. The number of hydrogen-bond donors (Lipinski definition) is 1. The zero-order valence-corrected chi connectivity index (χ0v) is 15.1. The van der Waals surface area contributed by atoms with Gasteiger partial charge in [-0.15, -0.1) is 0 Å². The minimum atomic E-state index is 0.00976. The number of amides is 2. The third kappa shape index (κ3) is 3.27. The number of para-hydroxylation sites is 1. The molecule has 0 unspecified atom stereocenters. The van der Waals surface area contributed by atoms with Gasteiger partial charge in [-0.25, -0.2) is 0 Å². The van der Waals surface area contributed by atoms with Crippen LogP contribution in [0.5, 0.6) is 0 Å². The molecule has 5 nitrogen and oxygen atoms in total. The number of anilines is 2. The van der Waals surface area contributed by atoms with E-state index in [9.17, 15) is 9.59 Å². The molecule has 0 aliphatic carbocycles. The zero-order chi connectivity index (χ0) is 18.1. The summed E-state index contributed by atoms with van der Waals surface area (Å²) < 4.78 is 0. The molecule has 2 aromatic rings. The number of aryl methyl sites for hydroxylation is 1. The van der Waals surface area contributed by atoms with Crippen molar-refractivity contribution < 1.29 is 9.59 Å². The summed E-state index contributed by atoms with van der Waals surface area (Å²) in [6, 6.07) is 13.2. The van der Waals surface area contributed by atoms with E-state index in [-0.39, 0.29) is 11.8 Å². The summed E-state index contributed by atoms with van der Waals surface area (Å²) in [7, 11) is 0. The van der Waals surface area contributed by atoms with Crippen molar-refractivity contribution in [1.29, 1.82) is 0 Å². The lowest BCUT2D eigenvalue weighted by atomic mass is 10.0. The summed E-state index contributed by atoms with van der Waals surface area (Å²) in [5.41, 5.74) is 3.78. The number of nitrogens with zero attached hydrogens (tertiary/aromatic N) is 2. The smallest absolute Gasteiger partial charge is 0.254 e. The van der Waals surface area contributed by atoms with E-state index in [1.807, 2.05) is 17.0 Å². The van der Waals surface area contributed by atoms with E-state index >= 15 is 0 Å². The number of carbonyl (C=O) groups excluding carboxylic acids is 2. The van der Waals surface area contributed by atoms with Crippen LogP contribution in [0, 0.1) is 0 Å². The Morgan fingerprint density at radius 2 is 1.77 bits per heavy atom. The molecular weight excluding hydrogens is 350 g/mol. The minimum absolute atomic E-state index is 0.00976. The maximum atomic E-state index is 12.7. The van der Waals surface area contributed by atoms with E-state index in [4.69, 9.17) is 11.6 Å². The van der Waals surface area contributed by atoms with Crippen LogP contribution >= 0.6 is 11.6 Å². The molecule has 0 bridgehead atoms. The molecule has 2 amide bonds. The minimum Gasteiger partial charge on any atom is -0.366 e. The summed E-state index contributed by atoms with van der Waals surface area (Å²) in [5.74, 6) is 0.0789. The van der Waals surface area contributed by atoms with Crippen LogP contribution in [0.3, 0.4) is 0 Å². The first-order chi connectivity index (χ1) is 12.6. The second-order valence-electron chi connectivity index (χ2n) is 6.65. The Labute approximate surface area is 157 Å². The highest BCUT2D eigenvalue weighted by Gasteiger charge is 2.26. The Balaban J connectivity index is 1.48. The van der Waals surface area contributed by atoms with Gasteiger partial charge in [0.05, 0.1) is 11.4 Å². The number of hydrogen-bond acceptors (Lipinski definition) is 3. The number of benzene rings is 2. The summed E-state index contributed by atoms with van der Waals surface area (Å²) in [5, 5.41) is 3.59. The Hall–Kier alpha value is -2.53. The molecule has 26 heavy (non-hydrogen) atoms. The predicted molar refractivity (Wildman–Crippen MR) is 103 cm³/mol. The molecule has 1 fully saturated rings. The molecule has 1 saturated heterocycles. The van der Waals surface area contributed by atoms with Crippen molar-refractivity contribution in [2.24, 2.45) is 0 Å². The number of piperazine rings is 1. The van der Waals surface area contributed by atoms with E-state index in [2.05, 4.69) is 16.3 Å². The molecule has 0 radical (unpaired) electrons. The van der Waals surface area contributed by atoms with Gasteiger partial charge in [0.15, 0.2) is 0 Å². The van der Waals surface area contributed by atoms with Gasteiger partial charge in [-0.3, -0.25) is 9.59 Å². The van der Waals surface area contributed by atoms with Crippen molar-refractivity contribution in [2.75, 3.05) is 36.4 Å². The van der Waals surface area contributed by atoms with Gasteiger partial charge in [0.2, 0.25) is 5.91 Å². The molecule has 6 heteroatoms. The third-order valence-corrected chi connectivity index (χ3v) is 5.23. The molecule has 1 N–H and O–H groups in total. The van der Waals surface area contributed by atoms with Gasteiger partial charge in [0.1, 0.15) is 0 Å². The molecule has 0 saturated carbocycles. The molecule has 4 rings (SSSR count). The van der Waals surface area contributed by atoms with Crippen LogP contribution in [0.4, 0.5) is 11.4 Å². The molecule has 0 spiro atoms. The van der Waals surface area contributed by atoms with Crippen molar-refractivity contribution in [3.8, 4) is 0 Å². The molecule has 0 aromatic heterocycles. The highest BCUT2D eigenvalue weighted by atomic mass is 35.5. The fourth-order valence-electron chi connectivity index (χ4n) is 3.61. The Bertz CT molecular complexity index is 860. The summed E-state index contributed by atoms with van der Waals surface area (Å²) in [4.78, 5) is 28.6. The van der Waals surface area contributed by atoms with Gasteiger partial charge in [0.25, 0.3) is 5.91 Å². The van der Waals surface area contributed by atoms with Gasteiger partial charge in [-0.05, 0) is 36.2 Å². The number of rotatable bonds is 2. The lowest BCUT2D eigenvalue weighted by Gasteiger charge is -2.37. The van der Waals surface area contributed by atoms with E-state index in [0.717, 1.165) is 30.9 Å². The van der Waals surface area contributed by atoms with Crippen molar-refractivity contribution in [2.45, 2.75) is 12.8 Å². The standard InChI is InChI=1S/C20H20ClN3O2/c21-16-5-1-4-15(13-16)20(26)24-11-9-23(10-12-24)17-6-2-3-14-7-8-18(25)22-19(14)17/h1-6,13H,7-12H2,(H,22,25). The molecule has 0 atom stereocenters. The largest absolute Gasteiger partial charge is 0.366 e. The van der Waals surface area contributed by atoms with E-state index < -0.39 is 0 Å². The highest BCUT2D eigenvalue weighted by Crippen LogP contribution is 2.33. The highest BCUT2D eigenvalue weighted by molar-refractivity contribution is 6.30. The lowest BCUT2D eigenvalue weighted by molar-refractivity contribution is -0.116. The quantitative estimate of drug-likeness (QED) is 0.884. The van der Waals surface area contributed by atoms with Crippen molar-refractivity contribution >= 4 is 34.8 Å². The van der Waals surface area contributed by atoms with Crippen LogP contribution in [0.25, 0.3) is 0 Å².